The van der Waals surface area contributed by atoms with Crippen LogP contribution in [0.3, 0.4) is 0 Å². The Labute approximate surface area is 172 Å². The van der Waals surface area contributed by atoms with Gasteiger partial charge in [-0.15, -0.1) is 6.58 Å². The van der Waals surface area contributed by atoms with Crippen molar-refractivity contribution in [2.24, 2.45) is 0 Å². The van der Waals surface area contributed by atoms with E-state index in [9.17, 15) is 10.1 Å². The number of anilines is 1. The minimum Gasteiger partial charge on any atom is -0.493 e. The molecule has 0 aromatic heterocycles. The average molecular weight is 390 g/mol. The molecule has 0 saturated carbocycles. The predicted molar refractivity (Wildman–Crippen MR) is 116 cm³/mol. The quantitative estimate of drug-likeness (QED) is 0.392. The molecule has 0 bridgehead atoms. The third-order valence-corrected chi connectivity index (χ3v) is 4.56. The Morgan fingerprint density at radius 1 is 1.31 bits per heavy atom. The molecule has 1 amide bonds. The van der Waals surface area contributed by atoms with Crippen molar-refractivity contribution < 1.29 is 14.3 Å². The van der Waals surface area contributed by atoms with Crippen LogP contribution in [0.5, 0.6) is 11.5 Å². The lowest BCUT2D eigenvalue weighted by molar-refractivity contribution is -0.112. The van der Waals surface area contributed by atoms with Crippen LogP contribution < -0.4 is 14.8 Å². The molecular formula is C24H26N2O3. The Kier molecular flexibility index (Phi) is 7.62. The smallest absolute Gasteiger partial charge is 0.266 e. The normalized spacial score (nSPS) is 10.8. The first kappa shape index (κ1) is 21.8. The molecule has 2 aromatic carbocycles. The molecule has 0 atom stereocenters. The summed E-state index contributed by atoms with van der Waals surface area (Å²) >= 11 is 0. The second-order valence-corrected chi connectivity index (χ2v) is 6.51. The van der Waals surface area contributed by atoms with Crippen molar-refractivity contribution in [3.63, 3.8) is 0 Å². The van der Waals surface area contributed by atoms with Gasteiger partial charge in [0, 0.05) is 11.3 Å². The number of hydrogen-bond acceptors (Lipinski definition) is 4. The largest absolute Gasteiger partial charge is 0.493 e. The number of nitrogens with one attached hydrogen (secondary N) is 1. The van der Waals surface area contributed by atoms with Crippen molar-refractivity contribution >= 4 is 17.7 Å². The third kappa shape index (κ3) is 5.26. The van der Waals surface area contributed by atoms with Gasteiger partial charge < -0.3 is 14.8 Å². The Morgan fingerprint density at radius 3 is 2.69 bits per heavy atom. The SMILES string of the molecule is C=CCc1cc(/C=C(\C#N)C(=O)Nc2cccc(C)c2C)cc(OC)c1OCC. The fourth-order valence-electron chi connectivity index (χ4n) is 2.93. The summed E-state index contributed by atoms with van der Waals surface area (Å²) in [5.74, 6) is 0.731. The van der Waals surface area contributed by atoms with Crippen molar-refractivity contribution in [1.82, 2.24) is 0 Å². The first-order chi connectivity index (χ1) is 13.9. The van der Waals surface area contributed by atoms with Crippen molar-refractivity contribution in [1.29, 1.82) is 5.26 Å². The van der Waals surface area contributed by atoms with E-state index in [1.165, 1.54) is 0 Å². The van der Waals surface area contributed by atoms with Crippen LogP contribution in [0.25, 0.3) is 6.08 Å². The van der Waals surface area contributed by atoms with E-state index in [1.807, 2.05) is 51.1 Å². The van der Waals surface area contributed by atoms with E-state index in [0.29, 0.717) is 35.8 Å². The van der Waals surface area contributed by atoms with Crippen molar-refractivity contribution in [3.05, 3.63) is 70.8 Å². The molecule has 29 heavy (non-hydrogen) atoms. The number of amides is 1. The summed E-state index contributed by atoms with van der Waals surface area (Å²) in [5, 5.41) is 12.4. The zero-order valence-electron chi connectivity index (χ0n) is 17.3. The van der Waals surface area contributed by atoms with E-state index < -0.39 is 5.91 Å². The molecule has 0 radical (unpaired) electrons. The molecule has 2 rings (SSSR count). The fourth-order valence-corrected chi connectivity index (χ4v) is 2.93. The highest BCUT2D eigenvalue weighted by molar-refractivity contribution is 6.10. The Hall–Kier alpha value is -3.52. The second kappa shape index (κ2) is 10.1. The molecule has 0 saturated heterocycles. The molecule has 0 aliphatic heterocycles. The molecule has 150 valence electrons. The number of allylic oxidation sites excluding steroid dienone is 1. The minimum atomic E-state index is -0.459. The first-order valence-electron chi connectivity index (χ1n) is 9.39. The molecule has 1 N–H and O–H groups in total. The molecule has 0 fully saturated rings. The Bertz CT molecular complexity index is 984. The van der Waals surface area contributed by atoms with Gasteiger partial charge in [0.25, 0.3) is 5.91 Å². The highest BCUT2D eigenvalue weighted by Gasteiger charge is 2.15. The highest BCUT2D eigenvalue weighted by Crippen LogP contribution is 2.34. The number of hydrogen-bond donors (Lipinski definition) is 1. The summed E-state index contributed by atoms with van der Waals surface area (Å²) < 4.78 is 11.2. The van der Waals surface area contributed by atoms with E-state index in [2.05, 4.69) is 11.9 Å². The molecule has 0 heterocycles. The summed E-state index contributed by atoms with van der Waals surface area (Å²) in [6.45, 7) is 10.1. The van der Waals surface area contributed by atoms with Gasteiger partial charge in [-0.1, -0.05) is 18.2 Å². The second-order valence-electron chi connectivity index (χ2n) is 6.51. The molecule has 5 nitrogen and oxygen atoms in total. The fraction of sp³-hybridized carbons (Fsp3) is 0.250. The van der Waals surface area contributed by atoms with Gasteiger partial charge in [0.1, 0.15) is 11.6 Å². The number of carbonyl (C=O) groups is 1. The molecular weight excluding hydrogens is 364 g/mol. The number of nitrogens with zero attached hydrogens (tertiary/aromatic N) is 1. The summed E-state index contributed by atoms with van der Waals surface area (Å²) in [6.07, 6.45) is 3.89. The summed E-state index contributed by atoms with van der Waals surface area (Å²) in [6, 6.07) is 11.3. The Morgan fingerprint density at radius 2 is 2.07 bits per heavy atom. The molecule has 5 heteroatoms. The van der Waals surface area contributed by atoms with E-state index in [0.717, 1.165) is 16.7 Å². The van der Waals surface area contributed by atoms with Crippen molar-refractivity contribution in [3.8, 4) is 17.6 Å². The number of ether oxygens (including phenoxy) is 2. The van der Waals surface area contributed by atoms with E-state index >= 15 is 0 Å². The molecule has 0 aliphatic rings. The number of rotatable bonds is 8. The van der Waals surface area contributed by atoms with Crippen LogP contribution in [0.4, 0.5) is 5.69 Å². The third-order valence-electron chi connectivity index (χ3n) is 4.56. The molecule has 0 aliphatic carbocycles. The topological polar surface area (TPSA) is 71.4 Å². The van der Waals surface area contributed by atoms with E-state index in [4.69, 9.17) is 9.47 Å². The van der Waals surface area contributed by atoms with E-state index in [1.54, 1.807) is 25.3 Å². The molecule has 2 aromatic rings. The maximum atomic E-state index is 12.7. The van der Waals surface area contributed by atoms with Crippen LogP contribution in [0.2, 0.25) is 0 Å². The van der Waals surface area contributed by atoms with Crippen LogP contribution in [0.15, 0.2) is 48.6 Å². The molecule has 0 spiro atoms. The van der Waals surface area contributed by atoms with Gasteiger partial charge in [0.05, 0.1) is 13.7 Å². The lowest BCUT2D eigenvalue weighted by Crippen LogP contribution is -2.14. The minimum absolute atomic E-state index is 0.00155. The van der Waals surface area contributed by atoms with Crippen LogP contribution in [0, 0.1) is 25.2 Å². The lowest BCUT2D eigenvalue weighted by atomic mass is 10.0. The highest BCUT2D eigenvalue weighted by atomic mass is 16.5. The number of methoxy groups -OCH3 is 1. The number of carbonyl (C=O) groups excluding carboxylic acids is 1. The monoisotopic (exact) mass is 390 g/mol. The van der Waals surface area contributed by atoms with Crippen LogP contribution in [0.1, 0.15) is 29.2 Å². The zero-order valence-corrected chi connectivity index (χ0v) is 17.3. The summed E-state index contributed by atoms with van der Waals surface area (Å²) in [4.78, 5) is 12.7. The van der Waals surface area contributed by atoms with Gasteiger partial charge in [-0.05, 0) is 68.2 Å². The lowest BCUT2D eigenvalue weighted by Gasteiger charge is -2.15. The maximum Gasteiger partial charge on any atom is 0.266 e. The predicted octanol–water partition coefficient (Wildman–Crippen LogP) is 4.98. The van der Waals surface area contributed by atoms with Gasteiger partial charge in [-0.3, -0.25) is 4.79 Å². The van der Waals surface area contributed by atoms with Crippen molar-refractivity contribution in [2.45, 2.75) is 27.2 Å². The standard InChI is InChI=1S/C24H26N2O3/c1-6-9-19-12-18(14-22(28-5)23(19)29-7-2)13-20(15-25)24(27)26-21-11-8-10-16(3)17(21)4/h6,8,10-14H,1,7,9H2,2-5H3,(H,26,27)/b20-13+. The Balaban J connectivity index is 2.42. The average Bonchev–Trinajstić information content (AvgIpc) is 2.71. The number of nitriles is 1. The van der Waals surface area contributed by atoms with Gasteiger partial charge in [0.2, 0.25) is 0 Å². The van der Waals surface area contributed by atoms with Gasteiger partial charge in [0.15, 0.2) is 11.5 Å². The van der Waals surface area contributed by atoms with Crippen LogP contribution in [-0.2, 0) is 11.2 Å². The zero-order chi connectivity index (χ0) is 21.4. The summed E-state index contributed by atoms with van der Waals surface area (Å²) in [5.41, 5.74) is 4.27. The number of benzene rings is 2. The van der Waals surface area contributed by atoms with Gasteiger partial charge in [-0.25, -0.2) is 0 Å². The van der Waals surface area contributed by atoms with Crippen LogP contribution in [-0.4, -0.2) is 19.6 Å². The van der Waals surface area contributed by atoms with Crippen molar-refractivity contribution in [2.75, 3.05) is 19.0 Å². The molecule has 0 unspecified atom stereocenters. The van der Waals surface area contributed by atoms with Gasteiger partial charge in [-0.2, -0.15) is 5.26 Å². The summed E-state index contributed by atoms with van der Waals surface area (Å²) in [7, 11) is 1.56. The first-order valence-corrected chi connectivity index (χ1v) is 9.39. The number of aryl methyl sites for hydroxylation is 1. The van der Waals surface area contributed by atoms with Gasteiger partial charge >= 0.3 is 0 Å². The van der Waals surface area contributed by atoms with E-state index in [-0.39, 0.29) is 5.57 Å². The van der Waals surface area contributed by atoms with Crippen LogP contribution >= 0.6 is 0 Å². The maximum absolute atomic E-state index is 12.7.